The fraction of sp³-hybridized carbons (Fsp3) is 0.462. The normalized spacial score (nSPS) is 14.9. The van der Waals surface area contributed by atoms with Crippen LogP contribution < -0.4 is 10.1 Å². The highest BCUT2D eigenvalue weighted by Crippen LogP contribution is 2.18. The van der Waals surface area contributed by atoms with Crippen molar-refractivity contribution < 1.29 is 10.1 Å². The monoisotopic (exact) mass is 219 g/mol. The van der Waals surface area contributed by atoms with Gasteiger partial charge < -0.3 is 4.74 Å². The average molecular weight is 219 g/mol. The van der Waals surface area contributed by atoms with Crippen LogP contribution in [0.15, 0.2) is 29.3 Å². The molecule has 0 saturated carbocycles. The van der Waals surface area contributed by atoms with Crippen molar-refractivity contribution in [3.8, 4) is 5.75 Å². The van der Waals surface area contributed by atoms with Crippen molar-refractivity contribution in [2.24, 2.45) is 4.99 Å². The van der Waals surface area contributed by atoms with E-state index in [0.717, 1.165) is 49.7 Å². The minimum atomic E-state index is 0.792. The Morgan fingerprint density at radius 2 is 2.25 bits per heavy atom. The summed E-state index contributed by atoms with van der Waals surface area (Å²) in [6, 6.07) is 8.17. The Kier molecular flexibility index (Phi) is 3.94. The number of aliphatic imine (C=N–C) groups is 1. The van der Waals surface area contributed by atoms with Crippen LogP contribution in [0.3, 0.4) is 0 Å². The van der Waals surface area contributed by atoms with Gasteiger partial charge in [0.1, 0.15) is 12.3 Å². The minimum absolute atomic E-state index is 0.792. The number of quaternary nitrogens is 1. The maximum Gasteiger partial charge on any atom is 0.231 e. The second kappa shape index (κ2) is 5.66. The van der Waals surface area contributed by atoms with Gasteiger partial charge >= 0.3 is 0 Å². The molecule has 16 heavy (non-hydrogen) atoms. The summed E-state index contributed by atoms with van der Waals surface area (Å²) in [4.78, 5) is 4.48. The highest BCUT2D eigenvalue weighted by atomic mass is 16.5. The molecule has 2 rings (SSSR count). The van der Waals surface area contributed by atoms with E-state index in [9.17, 15) is 0 Å². The number of hydrogen-bond acceptors (Lipinski definition) is 2. The Bertz CT molecular complexity index is 374. The summed E-state index contributed by atoms with van der Waals surface area (Å²) in [6.45, 7) is 4.93. The SMILES string of the molecule is CCCCOc1ccccc1C1=NCC[NH2+]1. The van der Waals surface area contributed by atoms with Gasteiger partial charge in [0.25, 0.3) is 0 Å². The van der Waals surface area contributed by atoms with E-state index < -0.39 is 0 Å². The molecule has 0 fully saturated rings. The highest BCUT2D eigenvalue weighted by molar-refractivity contribution is 5.94. The Morgan fingerprint density at radius 1 is 1.38 bits per heavy atom. The van der Waals surface area contributed by atoms with Crippen LogP contribution >= 0.6 is 0 Å². The third-order valence-electron chi connectivity index (χ3n) is 2.67. The first-order valence-electron chi connectivity index (χ1n) is 6.01. The molecule has 1 aliphatic rings. The Hall–Kier alpha value is -1.35. The van der Waals surface area contributed by atoms with Crippen molar-refractivity contribution in [2.75, 3.05) is 19.7 Å². The van der Waals surface area contributed by atoms with Crippen molar-refractivity contribution >= 4 is 5.84 Å². The Balaban J connectivity index is 2.10. The molecule has 0 atom stereocenters. The van der Waals surface area contributed by atoms with Gasteiger partial charge in [-0.25, -0.2) is 4.99 Å². The van der Waals surface area contributed by atoms with Crippen LogP contribution in [-0.4, -0.2) is 25.5 Å². The molecule has 3 heteroatoms. The lowest BCUT2D eigenvalue weighted by molar-refractivity contribution is -0.526. The van der Waals surface area contributed by atoms with Gasteiger partial charge in [-0.05, 0) is 18.6 Å². The lowest BCUT2D eigenvalue weighted by Gasteiger charge is -2.09. The number of nitrogens with two attached hydrogens (primary N) is 1. The summed E-state index contributed by atoms with van der Waals surface area (Å²) in [7, 11) is 0. The molecular formula is C13H19N2O+. The maximum absolute atomic E-state index is 5.79. The zero-order valence-electron chi connectivity index (χ0n) is 9.78. The molecule has 0 saturated heterocycles. The predicted octanol–water partition coefficient (Wildman–Crippen LogP) is 1.19. The van der Waals surface area contributed by atoms with E-state index in [-0.39, 0.29) is 0 Å². The first-order chi connectivity index (χ1) is 7.92. The van der Waals surface area contributed by atoms with Crippen LogP contribution in [0.5, 0.6) is 5.75 Å². The quantitative estimate of drug-likeness (QED) is 0.742. The molecule has 1 aromatic carbocycles. The number of para-hydroxylation sites is 1. The number of nitrogens with zero attached hydrogens (tertiary/aromatic N) is 1. The average Bonchev–Trinajstić information content (AvgIpc) is 2.83. The third kappa shape index (κ3) is 2.61. The van der Waals surface area contributed by atoms with E-state index in [1.807, 2.05) is 18.2 Å². The first kappa shape index (κ1) is 11.1. The topological polar surface area (TPSA) is 38.2 Å². The molecule has 0 radical (unpaired) electrons. The van der Waals surface area contributed by atoms with Crippen LogP contribution in [0.4, 0.5) is 0 Å². The number of hydrogen-bond donors (Lipinski definition) is 1. The van der Waals surface area contributed by atoms with Crippen LogP contribution in [0.1, 0.15) is 25.3 Å². The molecule has 0 amide bonds. The van der Waals surface area contributed by atoms with Gasteiger partial charge in [0, 0.05) is 0 Å². The highest BCUT2D eigenvalue weighted by Gasteiger charge is 2.17. The maximum atomic E-state index is 5.79. The lowest BCUT2D eigenvalue weighted by atomic mass is 10.2. The van der Waals surface area contributed by atoms with Crippen molar-refractivity contribution in [2.45, 2.75) is 19.8 Å². The Labute approximate surface area is 96.5 Å². The van der Waals surface area contributed by atoms with Crippen molar-refractivity contribution in [3.05, 3.63) is 29.8 Å². The second-order valence-electron chi connectivity index (χ2n) is 3.96. The molecule has 0 bridgehead atoms. The van der Waals surface area contributed by atoms with Crippen LogP contribution in [0.2, 0.25) is 0 Å². The zero-order chi connectivity index (χ0) is 11.2. The van der Waals surface area contributed by atoms with Gasteiger partial charge in [0.05, 0.1) is 18.7 Å². The van der Waals surface area contributed by atoms with E-state index in [4.69, 9.17) is 4.74 Å². The van der Waals surface area contributed by atoms with E-state index in [1.54, 1.807) is 0 Å². The van der Waals surface area contributed by atoms with E-state index in [1.165, 1.54) is 0 Å². The number of ether oxygens (including phenoxy) is 1. The molecule has 1 heterocycles. The first-order valence-corrected chi connectivity index (χ1v) is 6.01. The van der Waals surface area contributed by atoms with Crippen molar-refractivity contribution in [1.29, 1.82) is 0 Å². The second-order valence-corrected chi connectivity index (χ2v) is 3.96. The number of benzene rings is 1. The molecule has 3 nitrogen and oxygen atoms in total. The molecule has 0 aliphatic carbocycles. The van der Waals surface area contributed by atoms with Gasteiger partial charge in [0.15, 0.2) is 0 Å². The molecule has 0 unspecified atom stereocenters. The summed E-state index contributed by atoms with van der Waals surface area (Å²) in [5.41, 5.74) is 1.14. The molecule has 1 aliphatic heterocycles. The summed E-state index contributed by atoms with van der Waals surface area (Å²) >= 11 is 0. The number of unbranched alkanes of at least 4 members (excludes halogenated alkanes) is 1. The molecule has 86 valence electrons. The van der Waals surface area contributed by atoms with E-state index in [2.05, 4.69) is 23.3 Å². The van der Waals surface area contributed by atoms with Gasteiger partial charge in [-0.2, -0.15) is 0 Å². The molecule has 1 aromatic rings. The van der Waals surface area contributed by atoms with E-state index in [0.29, 0.717) is 0 Å². The zero-order valence-corrected chi connectivity index (χ0v) is 9.78. The molecule has 0 spiro atoms. The van der Waals surface area contributed by atoms with Gasteiger partial charge in [-0.3, -0.25) is 5.32 Å². The largest absolute Gasteiger partial charge is 0.493 e. The Morgan fingerprint density at radius 3 is 3.00 bits per heavy atom. The summed E-state index contributed by atoms with van der Waals surface area (Å²) in [6.07, 6.45) is 2.26. The van der Waals surface area contributed by atoms with Crippen LogP contribution in [0, 0.1) is 0 Å². The van der Waals surface area contributed by atoms with Crippen molar-refractivity contribution in [3.63, 3.8) is 0 Å². The third-order valence-corrected chi connectivity index (χ3v) is 2.67. The lowest BCUT2D eigenvalue weighted by Crippen LogP contribution is -2.86. The standard InChI is InChI=1S/C13H18N2O/c1-2-3-10-16-12-7-5-4-6-11(12)13-14-8-9-15-13/h4-7H,2-3,8-10H2,1H3,(H,14,15)/p+1. The summed E-state index contributed by atoms with van der Waals surface area (Å²) in [5.74, 6) is 2.06. The molecule has 0 aromatic heterocycles. The van der Waals surface area contributed by atoms with E-state index >= 15 is 0 Å². The number of rotatable bonds is 5. The number of amidine groups is 1. The van der Waals surface area contributed by atoms with Crippen LogP contribution in [0.25, 0.3) is 0 Å². The molecule has 2 N–H and O–H groups in total. The van der Waals surface area contributed by atoms with Crippen LogP contribution in [-0.2, 0) is 0 Å². The predicted molar refractivity (Wildman–Crippen MR) is 65.0 cm³/mol. The molecular weight excluding hydrogens is 200 g/mol. The fourth-order valence-electron chi connectivity index (χ4n) is 1.78. The fourth-order valence-corrected chi connectivity index (χ4v) is 1.78. The van der Waals surface area contributed by atoms with Gasteiger partial charge in [-0.1, -0.05) is 25.5 Å². The minimum Gasteiger partial charge on any atom is -0.493 e. The van der Waals surface area contributed by atoms with Crippen molar-refractivity contribution in [1.82, 2.24) is 0 Å². The van der Waals surface area contributed by atoms with Gasteiger partial charge in [0.2, 0.25) is 5.84 Å². The smallest absolute Gasteiger partial charge is 0.231 e. The van der Waals surface area contributed by atoms with Gasteiger partial charge in [-0.15, -0.1) is 0 Å². The summed E-state index contributed by atoms with van der Waals surface area (Å²) in [5, 5.41) is 2.18. The summed E-state index contributed by atoms with van der Waals surface area (Å²) < 4.78 is 5.79.